The molecular weight excluding hydrogens is 324 g/mol. The van der Waals surface area contributed by atoms with E-state index < -0.39 is 0 Å². The van der Waals surface area contributed by atoms with Crippen molar-refractivity contribution in [1.29, 1.82) is 0 Å². The monoisotopic (exact) mass is 344 g/mol. The molecule has 1 aliphatic heterocycles. The van der Waals surface area contributed by atoms with Gasteiger partial charge in [0.1, 0.15) is 5.78 Å². The summed E-state index contributed by atoms with van der Waals surface area (Å²) in [5, 5.41) is 0. The topological polar surface area (TPSA) is 66.3 Å². The van der Waals surface area contributed by atoms with Crippen LogP contribution in [0.1, 0.15) is 48.9 Å². The van der Waals surface area contributed by atoms with Crippen molar-refractivity contribution in [3.05, 3.63) is 28.6 Å². The first-order valence-corrected chi connectivity index (χ1v) is 9.01. The quantitative estimate of drug-likeness (QED) is 0.840. The summed E-state index contributed by atoms with van der Waals surface area (Å²) >= 11 is 4.99. The van der Waals surface area contributed by atoms with E-state index >= 15 is 0 Å². The van der Waals surface area contributed by atoms with Gasteiger partial charge in [-0.15, -0.1) is 0 Å². The number of hydrogen-bond donors (Lipinski definition) is 1. The van der Waals surface area contributed by atoms with Gasteiger partial charge in [-0.25, -0.2) is 0 Å². The van der Waals surface area contributed by atoms with Crippen LogP contribution in [0.4, 0.5) is 0 Å². The number of benzene rings is 1. The number of carbonyl (C=O) groups is 2. The lowest BCUT2D eigenvalue weighted by molar-refractivity contribution is -0.126. The van der Waals surface area contributed by atoms with E-state index in [-0.39, 0.29) is 17.9 Å². The Bertz CT molecular complexity index is 853. The van der Waals surface area contributed by atoms with Gasteiger partial charge in [-0.2, -0.15) is 0 Å². The fourth-order valence-corrected chi connectivity index (χ4v) is 4.32. The summed E-state index contributed by atoms with van der Waals surface area (Å²) in [6.45, 7) is 0.724. The number of hydrogen-bond acceptors (Lipinski definition) is 4. The predicted octanol–water partition coefficient (Wildman–Crippen LogP) is 3.85. The number of nitrogens with one attached hydrogen (secondary N) is 1. The van der Waals surface area contributed by atoms with Crippen molar-refractivity contribution in [3.8, 4) is 0 Å². The van der Waals surface area contributed by atoms with Crippen molar-refractivity contribution in [2.45, 2.75) is 44.6 Å². The number of carbonyl (C=O) groups excluding carboxylic acids is 2. The summed E-state index contributed by atoms with van der Waals surface area (Å²) in [6.07, 6.45) is 5.55. The maximum absolute atomic E-state index is 13.0. The van der Waals surface area contributed by atoms with Crippen molar-refractivity contribution in [2.75, 3.05) is 6.54 Å². The molecule has 1 aromatic carbocycles. The molecule has 1 saturated carbocycles. The van der Waals surface area contributed by atoms with Crippen LogP contribution in [0.5, 0.6) is 0 Å². The van der Waals surface area contributed by atoms with Crippen LogP contribution in [0.2, 0.25) is 0 Å². The van der Waals surface area contributed by atoms with Crippen LogP contribution in [0.15, 0.2) is 22.6 Å². The lowest BCUT2D eigenvalue weighted by Gasteiger charge is -2.33. The number of nitrogens with zero attached hydrogens (tertiary/aromatic N) is 1. The third-order valence-corrected chi connectivity index (χ3v) is 5.48. The van der Waals surface area contributed by atoms with E-state index in [2.05, 4.69) is 4.98 Å². The van der Waals surface area contributed by atoms with Gasteiger partial charge in [0, 0.05) is 30.5 Å². The van der Waals surface area contributed by atoms with E-state index in [0.717, 1.165) is 44.2 Å². The fourth-order valence-electron chi connectivity index (χ4n) is 4.12. The van der Waals surface area contributed by atoms with Crippen LogP contribution in [-0.2, 0) is 4.79 Å². The van der Waals surface area contributed by atoms with Crippen LogP contribution in [0.25, 0.3) is 11.1 Å². The molecule has 0 bridgehead atoms. The van der Waals surface area contributed by atoms with Crippen LogP contribution < -0.4 is 0 Å². The smallest absolute Gasteiger partial charge is 0.266 e. The number of oxazole rings is 1. The maximum Gasteiger partial charge on any atom is 0.266 e. The largest absolute Gasteiger partial charge is 0.429 e. The van der Waals surface area contributed by atoms with E-state index in [1.807, 2.05) is 11.0 Å². The lowest BCUT2D eigenvalue weighted by atomic mass is 9.81. The standard InChI is InChI=1S/C18H20N2O3S/c21-15-6-2-1-4-12(15)14-5-3-9-20(14)17(22)11-7-8-13-16(10-11)23-18(24)19-13/h7-8,10,12,14H,1-6,9H2,(H,19,24). The highest BCUT2D eigenvalue weighted by Gasteiger charge is 2.39. The Morgan fingerprint density at radius 2 is 2.12 bits per heavy atom. The number of aromatic amines is 1. The molecule has 24 heavy (non-hydrogen) atoms. The summed E-state index contributed by atoms with van der Waals surface area (Å²) in [5.41, 5.74) is 1.97. The van der Waals surface area contributed by atoms with Gasteiger partial charge in [-0.1, -0.05) is 6.42 Å². The van der Waals surface area contributed by atoms with Crippen LogP contribution in [0.3, 0.4) is 0 Å². The van der Waals surface area contributed by atoms with Crippen LogP contribution in [0, 0.1) is 10.8 Å². The van der Waals surface area contributed by atoms with Gasteiger partial charge in [-0.05, 0) is 56.1 Å². The molecule has 126 valence electrons. The van der Waals surface area contributed by atoms with Crippen LogP contribution >= 0.6 is 12.2 Å². The minimum atomic E-state index is -0.0138. The molecule has 1 aliphatic carbocycles. The second kappa shape index (κ2) is 6.16. The van der Waals surface area contributed by atoms with E-state index in [0.29, 0.717) is 28.2 Å². The van der Waals surface area contributed by atoms with Gasteiger partial charge in [-0.3, -0.25) is 9.59 Å². The average molecular weight is 344 g/mol. The zero-order valence-electron chi connectivity index (χ0n) is 13.4. The van der Waals surface area contributed by atoms with Gasteiger partial charge in [0.05, 0.1) is 5.52 Å². The van der Waals surface area contributed by atoms with E-state index in [1.54, 1.807) is 12.1 Å². The van der Waals surface area contributed by atoms with Crippen molar-refractivity contribution in [3.63, 3.8) is 0 Å². The predicted molar refractivity (Wildman–Crippen MR) is 92.4 cm³/mol. The highest BCUT2D eigenvalue weighted by atomic mass is 32.1. The lowest BCUT2D eigenvalue weighted by Crippen LogP contribution is -2.43. The van der Waals surface area contributed by atoms with Crippen molar-refractivity contribution >= 4 is 35.0 Å². The summed E-state index contributed by atoms with van der Waals surface area (Å²) in [7, 11) is 0. The molecule has 2 fully saturated rings. The van der Waals surface area contributed by atoms with Gasteiger partial charge >= 0.3 is 0 Å². The Morgan fingerprint density at radius 1 is 1.25 bits per heavy atom. The van der Waals surface area contributed by atoms with Gasteiger partial charge in [0.2, 0.25) is 0 Å². The molecule has 4 rings (SSSR count). The third kappa shape index (κ3) is 2.69. The van der Waals surface area contributed by atoms with Crippen molar-refractivity contribution in [1.82, 2.24) is 9.88 Å². The molecule has 2 unspecified atom stereocenters. The van der Waals surface area contributed by atoms with E-state index in [4.69, 9.17) is 16.6 Å². The average Bonchev–Trinajstić information content (AvgIpc) is 3.19. The Morgan fingerprint density at radius 3 is 2.96 bits per heavy atom. The normalized spacial score (nSPS) is 24.7. The maximum atomic E-state index is 13.0. The number of aromatic nitrogens is 1. The summed E-state index contributed by atoms with van der Waals surface area (Å²) in [4.78, 5) is 30.4. The van der Waals surface area contributed by atoms with Crippen molar-refractivity contribution in [2.24, 2.45) is 5.92 Å². The molecule has 1 amide bonds. The number of Topliss-reactive ketones (excluding diaryl/α,β-unsaturated/α-hetero) is 1. The van der Waals surface area contributed by atoms with Gasteiger partial charge in [0.25, 0.3) is 10.7 Å². The second-order valence-corrected chi connectivity index (χ2v) is 7.12. The Balaban J connectivity index is 1.61. The number of rotatable bonds is 2. The van der Waals surface area contributed by atoms with Gasteiger partial charge in [0.15, 0.2) is 5.58 Å². The number of fused-ring (bicyclic) bond motifs is 1. The molecule has 6 heteroatoms. The van der Waals surface area contributed by atoms with E-state index in [1.165, 1.54) is 0 Å². The highest BCUT2D eigenvalue weighted by Crippen LogP contribution is 2.33. The zero-order valence-corrected chi connectivity index (χ0v) is 14.2. The zero-order chi connectivity index (χ0) is 16.7. The Kier molecular flexibility index (Phi) is 4.00. The van der Waals surface area contributed by atoms with Crippen LogP contribution in [-0.4, -0.2) is 34.2 Å². The van der Waals surface area contributed by atoms with Gasteiger partial charge < -0.3 is 14.3 Å². The van der Waals surface area contributed by atoms with E-state index in [9.17, 15) is 9.59 Å². The second-order valence-electron chi connectivity index (χ2n) is 6.75. The number of H-pyrrole nitrogens is 1. The molecule has 2 heterocycles. The number of likely N-dealkylation sites (tertiary alicyclic amines) is 1. The molecule has 5 nitrogen and oxygen atoms in total. The molecule has 2 atom stereocenters. The molecular formula is C18H20N2O3S. The molecule has 2 aliphatic rings. The Labute approximate surface area is 145 Å². The number of amides is 1. The minimum Gasteiger partial charge on any atom is -0.429 e. The summed E-state index contributed by atoms with van der Waals surface area (Å²) in [6, 6.07) is 5.41. The summed E-state index contributed by atoms with van der Waals surface area (Å²) in [5.74, 6) is 0.336. The molecule has 1 saturated heterocycles. The Hall–Kier alpha value is -1.95. The molecule has 0 spiro atoms. The first-order chi connectivity index (χ1) is 11.6. The SMILES string of the molecule is O=C1CCCCC1C1CCCN1C(=O)c1ccc2[nH]c(=S)oc2c1. The molecule has 0 radical (unpaired) electrons. The minimum absolute atomic E-state index is 0.0138. The summed E-state index contributed by atoms with van der Waals surface area (Å²) < 4.78 is 5.42. The molecule has 2 aromatic rings. The highest BCUT2D eigenvalue weighted by molar-refractivity contribution is 7.71. The van der Waals surface area contributed by atoms with Crippen molar-refractivity contribution < 1.29 is 14.0 Å². The first kappa shape index (κ1) is 15.6. The third-order valence-electron chi connectivity index (χ3n) is 5.29. The number of ketones is 1. The fraction of sp³-hybridized carbons (Fsp3) is 0.500. The molecule has 1 N–H and O–H groups in total. The first-order valence-electron chi connectivity index (χ1n) is 8.60. The molecule has 1 aromatic heterocycles.